The summed E-state index contributed by atoms with van der Waals surface area (Å²) < 4.78 is 4.94. The van der Waals surface area contributed by atoms with Gasteiger partial charge in [0.15, 0.2) is 0 Å². The zero-order chi connectivity index (χ0) is 7.11. The third-order valence-electron chi connectivity index (χ3n) is 0.827. The molecule has 0 amide bonds. The first kappa shape index (κ1) is 12.5. The minimum atomic E-state index is -2.08. The molecule has 10 heavy (non-hydrogen) atoms. The van der Waals surface area contributed by atoms with Gasteiger partial charge in [-0.2, -0.15) is 0 Å². The Balaban J connectivity index is 0. The molecule has 0 saturated carbocycles. The molecule has 54 valence electrons. The van der Waals surface area contributed by atoms with Gasteiger partial charge in [0.25, 0.3) is 0 Å². The molecule has 5 heteroatoms. The van der Waals surface area contributed by atoms with Gasteiger partial charge in [0.2, 0.25) is 6.16 Å². The first-order valence-corrected chi connectivity index (χ1v) is 2.71. The zero-order valence-corrected chi connectivity index (χ0v) is 6.00. The van der Waals surface area contributed by atoms with Gasteiger partial charge in [0.05, 0.1) is 0 Å². The van der Waals surface area contributed by atoms with E-state index in [1.54, 1.807) is 0 Å². The van der Waals surface area contributed by atoms with E-state index in [1.165, 1.54) is 12.8 Å². The molecule has 0 unspecified atom stereocenters. The van der Waals surface area contributed by atoms with Crippen LogP contribution in [0.3, 0.4) is 0 Å². The monoisotopic (exact) mass is 140 g/mol. The molecular formula is C5H9LiO4. The topological polar surface area (TPSA) is 69.6 Å². The molecule has 0 aliphatic carbocycles. The molecule has 1 fully saturated rings. The van der Waals surface area contributed by atoms with E-state index in [-0.39, 0.29) is 18.9 Å². The molecule has 0 aromatic heterocycles. The van der Waals surface area contributed by atoms with Gasteiger partial charge in [-0.05, 0) is 12.8 Å². The molecular weight excluding hydrogens is 131 g/mol. The molecule has 1 aliphatic rings. The Labute approximate surface area is 71.4 Å². The van der Waals surface area contributed by atoms with E-state index in [9.17, 15) is 0 Å². The normalized spacial score (nSPS) is 14.4. The molecule has 0 radical (unpaired) electrons. The zero-order valence-electron chi connectivity index (χ0n) is 6.00. The Morgan fingerprint density at radius 1 is 1.40 bits per heavy atom. The van der Waals surface area contributed by atoms with Crippen molar-refractivity contribution in [1.82, 2.24) is 0 Å². The van der Waals surface area contributed by atoms with Gasteiger partial charge in [0, 0.05) is 13.2 Å². The predicted molar refractivity (Wildman–Crippen MR) is 28.1 cm³/mol. The average molecular weight is 140 g/mol. The standard InChI is InChI=1S/C4H8O.CH2O3.Li/c1-2-4-5-3-1;2-1(3)4;/h1-4H2;(H2,2,3,4);/q;;+1/p-1. The van der Waals surface area contributed by atoms with Gasteiger partial charge in [-0.1, -0.05) is 0 Å². The summed E-state index contributed by atoms with van der Waals surface area (Å²) in [4.78, 5) is 8.44. The molecule has 0 aromatic carbocycles. The Hall–Kier alpha value is -0.173. The first-order valence-electron chi connectivity index (χ1n) is 2.71. The summed E-state index contributed by atoms with van der Waals surface area (Å²) in [6, 6.07) is 0. The van der Waals surface area contributed by atoms with Crippen LogP contribution < -0.4 is 24.0 Å². The average Bonchev–Trinajstić information content (AvgIpc) is 2.11. The quantitative estimate of drug-likeness (QED) is 0.357. The van der Waals surface area contributed by atoms with E-state index in [2.05, 4.69) is 0 Å². The Morgan fingerprint density at radius 3 is 1.80 bits per heavy atom. The number of hydrogen-bond acceptors (Lipinski definition) is 3. The van der Waals surface area contributed by atoms with Crippen molar-refractivity contribution in [2.45, 2.75) is 12.8 Å². The minimum Gasteiger partial charge on any atom is -0.565 e. The summed E-state index contributed by atoms with van der Waals surface area (Å²) in [6.07, 6.45) is 0.472. The Bertz CT molecular complexity index is 70.1. The number of rotatable bonds is 0. The molecule has 1 saturated heterocycles. The summed E-state index contributed by atoms with van der Waals surface area (Å²) in [5, 5.41) is 15.3. The number of ether oxygens (including phenoxy) is 1. The number of carboxylic acid groups (broad SMARTS) is 2. The largest absolute Gasteiger partial charge is 1.00 e. The molecule has 4 nitrogen and oxygen atoms in total. The van der Waals surface area contributed by atoms with E-state index in [4.69, 9.17) is 19.7 Å². The molecule has 1 rings (SSSR count). The maximum Gasteiger partial charge on any atom is 1.00 e. The van der Waals surface area contributed by atoms with Gasteiger partial charge in [-0.25, -0.2) is 0 Å². The van der Waals surface area contributed by atoms with Crippen molar-refractivity contribution in [3.05, 3.63) is 0 Å². The van der Waals surface area contributed by atoms with Gasteiger partial charge in [-0.15, -0.1) is 0 Å². The van der Waals surface area contributed by atoms with Gasteiger partial charge < -0.3 is 19.7 Å². The summed E-state index contributed by atoms with van der Waals surface area (Å²) >= 11 is 0. The van der Waals surface area contributed by atoms with Crippen LogP contribution in [0.5, 0.6) is 0 Å². The maximum atomic E-state index is 8.44. The second-order valence-electron chi connectivity index (χ2n) is 1.59. The maximum absolute atomic E-state index is 8.44. The number of carbonyl (C=O) groups is 1. The van der Waals surface area contributed by atoms with Crippen LogP contribution in [0.1, 0.15) is 12.8 Å². The van der Waals surface area contributed by atoms with Crippen LogP contribution in [-0.4, -0.2) is 24.5 Å². The van der Waals surface area contributed by atoms with Crippen molar-refractivity contribution in [1.29, 1.82) is 0 Å². The fraction of sp³-hybridized carbons (Fsp3) is 0.800. The first-order chi connectivity index (χ1) is 4.23. The fourth-order valence-corrected chi connectivity index (χ4v) is 0.510. The van der Waals surface area contributed by atoms with Crippen LogP contribution in [0.25, 0.3) is 0 Å². The van der Waals surface area contributed by atoms with Crippen molar-refractivity contribution in [3.63, 3.8) is 0 Å². The SMILES string of the molecule is C1CCOC1.O=C([O-])O.[Li+]. The molecule has 0 atom stereocenters. The van der Waals surface area contributed by atoms with Crippen LogP contribution in [0.2, 0.25) is 0 Å². The van der Waals surface area contributed by atoms with E-state index < -0.39 is 6.16 Å². The second-order valence-corrected chi connectivity index (χ2v) is 1.59. The third-order valence-corrected chi connectivity index (χ3v) is 0.827. The fourth-order valence-electron chi connectivity index (χ4n) is 0.510. The van der Waals surface area contributed by atoms with Crippen LogP contribution in [0, 0.1) is 0 Å². The summed E-state index contributed by atoms with van der Waals surface area (Å²) in [6.45, 7) is 2.00. The Morgan fingerprint density at radius 2 is 1.70 bits per heavy atom. The predicted octanol–water partition coefficient (Wildman–Crippen LogP) is -3.31. The van der Waals surface area contributed by atoms with E-state index in [0.29, 0.717) is 0 Å². The molecule has 0 bridgehead atoms. The van der Waals surface area contributed by atoms with Gasteiger partial charge in [0.1, 0.15) is 0 Å². The van der Waals surface area contributed by atoms with Crippen LogP contribution in [0.4, 0.5) is 4.79 Å². The summed E-state index contributed by atoms with van der Waals surface area (Å²) in [5.74, 6) is 0. The third kappa shape index (κ3) is 15.7. The smallest absolute Gasteiger partial charge is 0.565 e. The van der Waals surface area contributed by atoms with Gasteiger partial charge >= 0.3 is 18.9 Å². The summed E-state index contributed by atoms with van der Waals surface area (Å²) in [7, 11) is 0. The molecule has 0 spiro atoms. The molecule has 0 aromatic rings. The molecule has 1 aliphatic heterocycles. The molecule has 1 N–H and O–H groups in total. The van der Waals surface area contributed by atoms with Crippen LogP contribution in [0.15, 0.2) is 0 Å². The van der Waals surface area contributed by atoms with Gasteiger partial charge in [-0.3, -0.25) is 0 Å². The van der Waals surface area contributed by atoms with Crippen molar-refractivity contribution < 1.29 is 38.6 Å². The van der Waals surface area contributed by atoms with Crippen molar-refractivity contribution in [2.75, 3.05) is 13.2 Å². The second kappa shape index (κ2) is 8.83. The van der Waals surface area contributed by atoms with E-state index in [1.807, 2.05) is 0 Å². The Kier molecular flexibility index (Phi) is 11.0. The van der Waals surface area contributed by atoms with Crippen molar-refractivity contribution in [3.8, 4) is 0 Å². The van der Waals surface area contributed by atoms with Crippen LogP contribution >= 0.6 is 0 Å². The molecule has 1 heterocycles. The van der Waals surface area contributed by atoms with Crippen LogP contribution in [-0.2, 0) is 4.74 Å². The van der Waals surface area contributed by atoms with E-state index >= 15 is 0 Å². The minimum absolute atomic E-state index is 0. The summed E-state index contributed by atoms with van der Waals surface area (Å²) in [5.41, 5.74) is 0. The van der Waals surface area contributed by atoms with E-state index in [0.717, 1.165) is 13.2 Å². The van der Waals surface area contributed by atoms with Crippen molar-refractivity contribution >= 4 is 6.16 Å². The number of hydrogen-bond donors (Lipinski definition) is 1. The van der Waals surface area contributed by atoms with Crippen molar-refractivity contribution in [2.24, 2.45) is 0 Å².